The molecule has 0 aliphatic carbocycles. The van der Waals surface area contributed by atoms with Gasteiger partial charge in [-0.15, -0.1) is 0 Å². The number of nitrogens with one attached hydrogen (secondary N) is 2. The summed E-state index contributed by atoms with van der Waals surface area (Å²) in [5.41, 5.74) is 1.36. The molecule has 2 N–H and O–H groups in total. The molecule has 0 fully saturated rings. The van der Waals surface area contributed by atoms with Gasteiger partial charge in [0.1, 0.15) is 17.9 Å². The first kappa shape index (κ1) is 19.4. The number of halogens is 1. The quantitative estimate of drug-likeness (QED) is 0.485. The number of hydrogen-bond donors (Lipinski definition) is 2. The maximum atomic E-state index is 12.1. The minimum absolute atomic E-state index is 0.263. The van der Waals surface area contributed by atoms with E-state index in [9.17, 15) is 9.59 Å². The number of amides is 2. The van der Waals surface area contributed by atoms with E-state index < -0.39 is 12.0 Å². The van der Waals surface area contributed by atoms with Gasteiger partial charge in [-0.25, -0.2) is 9.59 Å². The minimum atomic E-state index is -0.516. The van der Waals surface area contributed by atoms with Crippen molar-refractivity contribution in [2.45, 2.75) is 0 Å². The number of fused-ring (bicyclic) bond motifs is 1. The molecular weight excluding hydrogens is 382 g/mol. The largest absolute Gasteiger partial charge is 0.489 e. The molecule has 144 valence electrons. The summed E-state index contributed by atoms with van der Waals surface area (Å²) in [7, 11) is 1.28. The second kappa shape index (κ2) is 9.05. The van der Waals surface area contributed by atoms with Crippen molar-refractivity contribution in [1.82, 2.24) is 10.3 Å². The highest BCUT2D eigenvalue weighted by Gasteiger charge is 2.11. The summed E-state index contributed by atoms with van der Waals surface area (Å²) >= 11 is 6.06. The van der Waals surface area contributed by atoms with Crippen molar-refractivity contribution in [3.8, 4) is 5.75 Å². The van der Waals surface area contributed by atoms with Crippen LogP contribution in [-0.2, 0) is 4.74 Å². The van der Waals surface area contributed by atoms with E-state index in [-0.39, 0.29) is 18.7 Å². The molecule has 1 heterocycles. The summed E-state index contributed by atoms with van der Waals surface area (Å²) in [5.74, 6) is 0.131. The molecule has 0 aliphatic heterocycles. The lowest BCUT2D eigenvalue weighted by molar-refractivity contribution is 0.0600. The van der Waals surface area contributed by atoms with Gasteiger partial charge in [-0.1, -0.05) is 29.8 Å². The number of carbonyl (C=O) groups is 2. The second-order valence-corrected chi connectivity index (χ2v) is 6.15. The van der Waals surface area contributed by atoms with Crippen LogP contribution in [0.3, 0.4) is 0 Å². The minimum Gasteiger partial charge on any atom is -0.489 e. The predicted molar refractivity (Wildman–Crippen MR) is 107 cm³/mol. The van der Waals surface area contributed by atoms with Gasteiger partial charge >= 0.3 is 12.0 Å². The highest BCUT2D eigenvalue weighted by Crippen LogP contribution is 2.24. The number of pyridine rings is 1. The van der Waals surface area contributed by atoms with Crippen LogP contribution in [0.4, 0.5) is 10.5 Å². The van der Waals surface area contributed by atoms with E-state index in [2.05, 4.69) is 20.4 Å². The molecule has 0 spiro atoms. The van der Waals surface area contributed by atoms with Crippen molar-refractivity contribution in [3.05, 3.63) is 65.3 Å². The van der Waals surface area contributed by atoms with Crippen molar-refractivity contribution < 1.29 is 19.1 Å². The van der Waals surface area contributed by atoms with Gasteiger partial charge < -0.3 is 20.1 Å². The maximum Gasteiger partial charge on any atom is 0.337 e. The number of carbonyl (C=O) groups excluding carboxylic acids is 2. The van der Waals surface area contributed by atoms with E-state index in [4.69, 9.17) is 16.3 Å². The van der Waals surface area contributed by atoms with E-state index in [0.29, 0.717) is 16.5 Å². The van der Waals surface area contributed by atoms with Crippen LogP contribution in [0.25, 0.3) is 10.9 Å². The Morgan fingerprint density at radius 3 is 2.79 bits per heavy atom. The fourth-order valence-electron chi connectivity index (χ4n) is 2.55. The van der Waals surface area contributed by atoms with Crippen LogP contribution < -0.4 is 15.4 Å². The molecular formula is C20H18ClN3O4. The average Bonchev–Trinajstić information content (AvgIpc) is 2.72. The Morgan fingerprint density at radius 1 is 1.14 bits per heavy atom. The molecule has 28 heavy (non-hydrogen) atoms. The molecule has 0 saturated heterocycles. The number of aromatic nitrogens is 1. The number of esters is 1. The standard InChI is InChI=1S/C20H18ClN3O4/c1-27-19(25)14-7-8-15(21)16(12-14)24-20(26)23-10-11-28-17-6-2-4-13-5-3-9-22-18(13)17/h2-9,12H,10-11H2,1H3,(H2,23,24,26). The molecule has 8 heteroatoms. The van der Waals surface area contributed by atoms with Crippen molar-refractivity contribution in [2.75, 3.05) is 25.6 Å². The summed E-state index contributed by atoms with van der Waals surface area (Å²) in [6.45, 7) is 0.530. The monoisotopic (exact) mass is 399 g/mol. The Hall–Kier alpha value is -3.32. The number of benzene rings is 2. The van der Waals surface area contributed by atoms with Gasteiger partial charge in [0, 0.05) is 11.6 Å². The number of ether oxygens (including phenoxy) is 2. The molecule has 0 radical (unpaired) electrons. The third-order valence-corrected chi connectivity index (χ3v) is 4.21. The molecule has 7 nitrogen and oxygen atoms in total. The van der Waals surface area contributed by atoms with Crippen molar-refractivity contribution in [1.29, 1.82) is 0 Å². The zero-order valence-electron chi connectivity index (χ0n) is 15.1. The van der Waals surface area contributed by atoms with Crippen molar-refractivity contribution in [2.24, 2.45) is 0 Å². The number of methoxy groups -OCH3 is 1. The normalized spacial score (nSPS) is 10.4. The Labute approximate surface area is 166 Å². The van der Waals surface area contributed by atoms with Gasteiger partial charge in [0.15, 0.2) is 0 Å². The molecule has 3 rings (SSSR count). The molecule has 0 saturated carbocycles. The average molecular weight is 400 g/mol. The summed E-state index contributed by atoms with van der Waals surface area (Å²) in [5, 5.41) is 6.55. The first-order valence-corrected chi connectivity index (χ1v) is 8.85. The SMILES string of the molecule is COC(=O)c1ccc(Cl)c(NC(=O)NCCOc2cccc3cccnc23)c1. The van der Waals surface area contributed by atoms with Crippen LogP contribution in [-0.4, -0.2) is 37.2 Å². The molecule has 0 unspecified atom stereocenters. The maximum absolute atomic E-state index is 12.1. The number of nitrogens with zero attached hydrogens (tertiary/aromatic N) is 1. The van der Waals surface area contributed by atoms with E-state index in [0.717, 1.165) is 10.9 Å². The van der Waals surface area contributed by atoms with E-state index >= 15 is 0 Å². The molecule has 1 aromatic heterocycles. The van der Waals surface area contributed by atoms with Crippen LogP contribution in [0.15, 0.2) is 54.7 Å². The highest BCUT2D eigenvalue weighted by atomic mass is 35.5. The number of hydrogen-bond acceptors (Lipinski definition) is 5. The lowest BCUT2D eigenvalue weighted by Crippen LogP contribution is -2.32. The van der Waals surface area contributed by atoms with E-state index in [1.165, 1.54) is 25.3 Å². The summed E-state index contributed by atoms with van der Waals surface area (Å²) in [6, 6.07) is 13.5. The van der Waals surface area contributed by atoms with Crippen LogP contribution in [0.1, 0.15) is 10.4 Å². The van der Waals surface area contributed by atoms with Crippen LogP contribution in [0.5, 0.6) is 5.75 Å². The Morgan fingerprint density at radius 2 is 1.96 bits per heavy atom. The zero-order chi connectivity index (χ0) is 19.9. The Balaban J connectivity index is 1.53. The lowest BCUT2D eigenvalue weighted by Gasteiger charge is -2.11. The molecule has 0 atom stereocenters. The first-order valence-electron chi connectivity index (χ1n) is 8.48. The van der Waals surface area contributed by atoms with E-state index in [1.807, 2.05) is 30.3 Å². The molecule has 0 aliphatic rings. The summed E-state index contributed by atoms with van der Waals surface area (Å²) < 4.78 is 10.4. The van der Waals surface area contributed by atoms with Crippen LogP contribution in [0, 0.1) is 0 Å². The third kappa shape index (κ3) is 4.69. The topological polar surface area (TPSA) is 89.5 Å². The number of urea groups is 1. The fourth-order valence-corrected chi connectivity index (χ4v) is 2.72. The summed E-state index contributed by atoms with van der Waals surface area (Å²) in [4.78, 5) is 28.0. The zero-order valence-corrected chi connectivity index (χ0v) is 15.8. The predicted octanol–water partition coefficient (Wildman–Crippen LogP) is 3.88. The number of anilines is 1. The molecule has 2 amide bonds. The molecule has 3 aromatic rings. The third-order valence-electron chi connectivity index (χ3n) is 3.88. The smallest absolute Gasteiger partial charge is 0.337 e. The highest BCUT2D eigenvalue weighted by molar-refractivity contribution is 6.33. The van der Waals surface area contributed by atoms with Gasteiger partial charge in [0.05, 0.1) is 29.9 Å². The van der Waals surface area contributed by atoms with Gasteiger partial charge in [-0.05, 0) is 30.3 Å². The number of para-hydroxylation sites is 1. The van der Waals surface area contributed by atoms with Gasteiger partial charge in [0.25, 0.3) is 0 Å². The van der Waals surface area contributed by atoms with Crippen molar-refractivity contribution >= 4 is 40.2 Å². The Bertz CT molecular complexity index is 1000. The lowest BCUT2D eigenvalue weighted by atomic mass is 10.2. The second-order valence-electron chi connectivity index (χ2n) is 5.75. The van der Waals surface area contributed by atoms with Crippen LogP contribution in [0.2, 0.25) is 5.02 Å². The first-order chi connectivity index (χ1) is 13.6. The Kier molecular flexibility index (Phi) is 6.29. The van der Waals surface area contributed by atoms with E-state index in [1.54, 1.807) is 6.20 Å². The van der Waals surface area contributed by atoms with Gasteiger partial charge in [-0.2, -0.15) is 0 Å². The van der Waals surface area contributed by atoms with Gasteiger partial charge in [-0.3, -0.25) is 4.98 Å². The molecule has 2 aromatic carbocycles. The van der Waals surface area contributed by atoms with Crippen LogP contribution >= 0.6 is 11.6 Å². The van der Waals surface area contributed by atoms with Crippen molar-refractivity contribution in [3.63, 3.8) is 0 Å². The number of rotatable bonds is 6. The van der Waals surface area contributed by atoms with Gasteiger partial charge in [0.2, 0.25) is 0 Å². The summed E-state index contributed by atoms with van der Waals surface area (Å²) in [6.07, 6.45) is 1.70. The molecule has 0 bridgehead atoms. The fraction of sp³-hybridized carbons (Fsp3) is 0.150.